The number of amides is 1. The standard InChI is InChI=1S/C13H15N5O4S/c1-9-13(19)17-11-6-10(2-3-12(11)22-9)23(20,21)16-4-5-18-8-14-7-15-18/h2-3,6-9,16H,4-5H2,1H3,(H,17,19). The van der Waals surface area contributed by atoms with E-state index in [0.29, 0.717) is 18.0 Å². The largest absolute Gasteiger partial charge is 0.479 e. The Morgan fingerprint density at radius 1 is 1.43 bits per heavy atom. The fourth-order valence-electron chi connectivity index (χ4n) is 2.08. The molecule has 0 fully saturated rings. The van der Waals surface area contributed by atoms with Crippen molar-refractivity contribution in [1.82, 2.24) is 19.5 Å². The lowest BCUT2D eigenvalue weighted by Crippen LogP contribution is -2.34. The normalized spacial score (nSPS) is 17.3. The van der Waals surface area contributed by atoms with E-state index in [1.54, 1.807) is 6.92 Å². The molecule has 1 atom stereocenters. The molecule has 1 unspecified atom stereocenters. The number of carbonyl (C=O) groups is 1. The molecule has 1 aliphatic rings. The number of rotatable bonds is 5. The lowest BCUT2D eigenvalue weighted by molar-refractivity contribution is -0.122. The smallest absolute Gasteiger partial charge is 0.265 e. The lowest BCUT2D eigenvalue weighted by atomic mass is 10.2. The van der Waals surface area contributed by atoms with E-state index in [9.17, 15) is 13.2 Å². The molecule has 23 heavy (non-hydrogen) atoms. The van der Waals surface area contributed by atoms with Crippen molar-refractivity contribution in [2.75, 3.05) is 11.9 Å². The van der Waals surface area contributed by atoms with Gasteiger partial charge < -0.3 is 10.1 Å². The van der Waals surface area contributed by atoms with E-state index in [2.05, 4.69) is 20.1 Å². The second-order valence-electron chi connectivity index (χ2n) is 4.96. The van der Waals surface area contributed by atoms with Crippen molar-refractivity contribution in [2.24, 2.45) is 0 Å². The molecule has 122 valence electrons. The number of carbonyl (C=O) groups excluding carboxylic acids is 1. The first kappa shape index (κ1) is 15.4. The molecule has 2 heterocycles. The molecule has 1 aromatic carbocycles. The van der Waals surface area contributed by atoms with Gasteiger partial charge in [-0.05, 0) is 25.1 Å². The van der Waals surface area contributed by atoms with Gasteiger partial charge in [0.05, 0.1) is 17.1 Å². The molecule has 0 spiro atoms. The Bertz CT molecular complexity index is 819. The summed E-state index contributed by atoms with van der Waals surface area (Å²) in [5.41, 5.74) is 0.340. The Balaban J connectivity index is 1.73. The van der Waals surface area contributed by atoms with Gasteiger partial charge in [-0.15, -0.1) is 0 Å². The van der Waals surface area contributed by atoms with Crippen molar-refractivity contribution in [1.29, 1.82) is 0 Å². The molecule has 1 aromatic heterocycles. The van der Waals surface area contributed by atoms with Crippen LogP contribution in [0, 0.1) is 0 Å². The number of sulfonamides is 1. The average Bonchev–Trinajstić information content (AvgIpc) is 3.01. The number of nitrogens with one attached hydrogen (secondary N) is 2. The van der Waals surface area contributed by atoms with Gasteiger partial charge in [0, 0.05) is 6.54 Å². The molecule has 2 N–H and O–H groups in total. The summed E-state index contributed by atoms with van der Waals surface area (Å²) in [6.45, 7) is 2.15. The first-order valence-electron chi connectivity index (χ1n) is 6.89. The van der Waals surface area contributed by atoms with E-state index >= 15 is 0 Å². The Hall–Kier alpha value is -2.46. The van der Waals surface area contributed by atoms with E-state index in [0.717, 1.165) is 0 Å². The average molecular weight is 337 g/mol. The molecular weight excluding hydrogens is 322 g/mol. The van der Waals surface area contributed by atoms with Crippen molar-refractivity contribution >= 4 is 21.6 Å². The summed E-state index contributed by atoms with van der Waals surface area (Å²) < 4.78 is 33.9. The van der Waals surface area contributed by atoms with Gasteiger partial charge in [0.25, 0.3) is 5.91 Å². The zero-order valence-corrected chi connectivity index (χ0v) is 13.1. The molecule has 1 amide bonds. The topological polar surface area (TPSA) is 115 Å². The summed E-state index contributed by atoms with van der Waals surface area (Å²) in [4.78, 5) is 15.4. The van der Waals surface area contributed by atoms with Crippen LogP contribution in [0.25, 0.3) is 0 Å². The third kappa shape index (κ3) is 3.32. The van der Waals surface area contributed by atoms with E-state index in [-0.39, 0.29) is 17.3 Å². The third-order valence-electron chi connectivity index (χ3n) is 3.29. The molecule has 0 saturated heterocycles. The molecule has 1 aliphatic heterocycles. The highest BCUT2D eigenvalue weighted by atomic mass is 32.2. The zero-order valence-electron chi connectivity index (χ0n) is 12.3. The number of nitrogens with zero attached hydrogens (tertiary/aromatic N) is 3. The van der Waals surface area contributed by atoms with Crippen LogP contribution in [0.2, 0.25) is 0 Å². The molecule has 3 rings (SSSR count). The van der Waals surface area contributed by atoms with Gasteiger partial charge in [0.2, 0.25) is 10.0 Å². The first-order valence-corrected chi connectivity index (χ1v) is 8.38. The van der Waals surface area contributed by atoms with E-state index in [4.69, 9.17) is 4.74 Å². The predicted octanol–water partition coefficient (Wildman–Crippen LogP) is -0.0240. The van der Waals surface area contributed by atoms with Crippen LogP contribution in [0.5, 0.6) is 5.75 Å². The number of hydrogen-bond donors (Lipinski definition) is 2. The van der Waals surface area contributed by atoms with Gasteiger partial charge in [-0.3, -0.25) is 9.48 Å². The minimum atomic E-state index is -3.70. The quantitative estimate of drug-likeness (QED) is 0.792. The van der Waals surface area contributed by atoms with Crippen LogP contribution < -0.4 is 14.8 Å². The number of aromatic nitrogens is 3. The summed E-state index contributed by atoms with van der Waals surface area (Å²) in [5.74, 6) is 0.129. The molecular formula is C13H15N5O4S. The summed E-state index contributed by atoms with van der Waals surface area (Å²) >= 11 is 0. The molecule has 0 bridgehead atoms. The summed E-state index contributed by atoms with van der Waals surface area (Å²) in [6, 6.07) is 4.33. The highest BCUT2D eigenvalue weighted by molar-refractivity contribution is 7.89. The van der Waals surface area contributed by atoms with Crippen LogP contribution in [-0.2, 0) is 21.4 Å². The number of anilines is 1. The molecule has 0 saturated carbocycles. The van der Waals surface area contributed by atoms with E-state index in [1.807, 2.05) is 0 Å². The van der Waals surface area contributed by atoms with Crippen molar-refractivity contribution in [3.63, 3.8) is 0 Å². The van der Waals surface area contributed by atoms with Crippen LogP contribution in [0.15, 0.2) is 35.7 Å². The maximum Gasteiger partial charge on any atom is 0.265 e. The Labute approximate surface area is 132 Å². The Morgan fingerprint density at radius 3 is 3.00 bits per heavy atom. The van der Waals surface area contributed by atoms with Crippen molar-refractivity contribution in [2.45, 2.75) is 24.5 Å². The highest BCUT2D eigenvalue weighted by Gasteiger charge is 2.25. The second kappa shape index (κ2) is 5.97. The SMILES string of the molecule is CC1Oc2ccc(S(=O)(=O)NCCn3cncn3)cc2NC1=O. The molecule has 0 aliphatic carbocycles. The van der Waals surface area contributed by atoms with E-state index < -0.39 is 16.1 Å². The Morgan fingerprint density at radius 2 is 2.26 bits per heavy atom. The monoisotopic (exact) mass is 337 g/mol. The fraction of sp³-hybridized carbons (Fsp3) is 0.308. The minimum Gasteiger partial charge on any atom is -0.479 e. The summed E-state index contributed by atoms with van der Waals surface area (Å²) in [6.07, 6.45) is 2.27. The first-order chi connectivity index (χ1) is 11.0. The molecule has 9 nitrogen and oxygen atoms in total. The number of ether oxygens (including phenoxy) is 1. The number of benzene rings is 1. The van der Waals surface area contributed by atoms with Crippen LogP contribution in [0.4, 0.5) is 5.69 Å². The lowest BCUT2D eigenvalue weighted by Gasteiger charge is -2.23. The zero-order chi connectivity index (χ0) is 16.4. The van der Waals surface area contributed by atoms with Gasteiger partial charge in [-0.25, -0.2) is 18.1 Å². The minimum absolute atomic E-state index is 0.0493. The second-order valence-corrected chi connectivity index (χ2v) is 6.73. The van der Waals surface area contributed by atoms with Crippen molar-refractivity contribution in [3.05, 3.63) is 30.9 Å². The van der Waals surface area contributed by atoms with Crippen LogP contribution in [-0.4, -0.2) is 41.7 Å². The highest BCUT2D eigenvalue weighted by Crippen LogP contribution is 2.31. The predicted molar refractivity (Wildman–Crippen MR) is 80.4 cm³/mol. The number of fused-ring (bicyclic) bond motifs is 1. The summed E-state index contributed by atoms with van der Waals surface area (Å²) in [7, 11) is -3.70. The van der Waals surface area contributed by atoms with Crippen LogP contribution in [0.3, 0.4) is 0 Å². The maximum absolute atomic E-state index is 12.3. The number of hydrogen-bond acceptors (Lipinski definition) is 6. The van der Waals surface area contributed by atoms with Crippen LogP contribution >= 0.6 is 0 Å². The maximum atomic E-state index is 12.3. The van der Waals surface area contributed by atoms with Crippen molar-refractivity contribution < 1.29 is 17.9 Å². The van der Waals surface area contributed by atoms with Crippen LogP contribution in [0.1, 0.15) is 6.92 Å². The van der Waals surface area contributed by atoms with Gasteiger partial charge in [0.1, 0.15) is 18.4 Å². The summed E-state index contributed by atoms with van der Waals surface area (Å²) in [5, 5.41) is 6.51. The van der Waals surface area contributed by atoms with Gasteiger partial charge in [-0.2, -0.15) is 5.10 Å². The van der Waals surface area contributed by atoms with Gasteiger partial charge in [-0.1, -0.05) is 0 Å². The third-order valence-corrected chi connectivity index (χ3v) is 4.75. The molecule has 10 heteroatoms. The Kier molecular flexibility index (Phi) is 4.01. The molecule has 2 aromatic rings. The fourth-order valence-corrected chi connectivity index (χ4v) is 3.13. The molecule has 0 radical (unpaired) electrons. The van der Waals surface area contributed by atoms with Gasteiger partial charge >= 0.3 is 0 Å². The van der Waals surface area contributed by atoms with Crippen molar-refractivity contribution in [3.8, 4) is 5.75 Å². The van der Waals surface area contributed by atoms with E-state index in [1.165, 1.54) is 35.5 Å². The van der Waals surface area contributed by atoms with Gasteiger partial charge in [0.15, 0.2) is 6.10 Å².